The number of anilines is 1. The van der Waals surface area contributed by atoms with E-state index in [1.165, 1.54) is 30.0 Å². The second kappa shape index (κ2) is 10.6. The highest BCUT2D eigenvalue weighted by atomic mass is 16.6. The van der Waals surface area contributed by atoms with Crippen molar-refractivity contribution in [1.82, 2.24) is 5.32 Å². The topological polar surface area (TPSA) is 126 Å². The van der Waals surface area contributed by atoms with E-state index in [0.29, 0.717) is 18.0 Å². The summed E-state index contributed by atoms with van der Waals surface area (Å²) in [5.74, 6) is -0.361. The van der Waals surface area contributed by atoms with Crippen LogP contribution in [0.5, 0.6) is 5.75 Å². The summed E-state index contributed by atoms with van der Waals surface area (Å²) in [6.45, 7) is 4.05. The molecule has 0 bridgehead atoms. The van der Waals surface area contributed by atoms with Gasteiger partial charge in [-0.1, -0.05) is 6.07 Å². The minimum atomic E-state index is -0.915. The number of carbonyl (C=O) groups is 2. The molecule has 2 rings (SSSR count). The number of nitrogens with zero attached hydrogens (tertiary/aromatic N) is 3. The SMILES string of the molecule is CCOc1ccc(N(CCC#N)C(=O)C(C)NC(=O)c2cccc([N+](=O)[O-])c2)cc1. The second-order valence-electron chi connectivity index (χ2n) is 6.33. The van der Waals surface area contributed by atoms with Gasteiger partial charge in [-0.2, -0.15) is 5.26 Å². The molecule has 2 aromatic carbocycles. The molecule has 9 nitrogen and oxygen atoms in total. The Bertz CT molecular complexity index is 953. The summed E-state index contributed by atoms with van der Waals surface area (Å²) in [6, 6.07) is 13.2. The lowest BCUT2D eigenvalue weighted by Gasteiger charge is -2.26. The number of carbonyl (C=O) groups excluding carboxylic acids is 2. The number of nitro groups is 1. The van der Waals surface area contributed by atoms with Crippen LogP contribution in [0.4, 0.5) is 11.4 Å². The van der Waals surface area contributed by atoms with E-state index >= 15 is 0 Å². The molecule has 0 aliphatic rings. The van der Waals surface area contributed by atoms with E-state index in [9.17, 15) is 19.7 Å². The zero-order valence-corrected chi connectivity index (χ0v) is 16.7. The van der Waals surface area contributed by atoms with Gasteiger partial charge in [0.05, 0.1) is 24.0 Å². The van der Waals surface area contributed by atoms with Crippen LogP contribution >= 0.6 is 0 Å². The maximum absolute atomic E-state index is 13.0. The van der Waals surface area contributed by atoms with Crippen LogP contribution in [0.1, 0.15) is 30.6 Å². The molecule has 0 radical (unpaired) electrons. The summed E-state index contributed by atoms with van der Waals surface area (Å²) >= 11 is 0. The Morgan fingerprint density at radius 3 is 2.57 bits per heavy atom. The first-order valence-corrected chi connectivity index (χ1v) is 9.33. The number of ether oxygens (including phenoxy) is 1. The van der Waals surface area contributed by atoms with Crippen molar-refractivity contribution in [3.63, 3.8) is 0 Å². The molecule has 1 unspecified atom stereocenters. The van der Waals surface area contributed by atoms with Crippen LogP contribution in [-0.2, 0) is 4.79 Å². The lowest BCUT2D eigenvalue weighted by molar-refractivity contribution is -0.384. The van der Waals surface area contributed by atoms with Crippen LogP contribution < -0.4 is 15.0 Å². The monoisotopic (exact) mass is 410 g/mol. The number of hydrogen-bond donors (Lipinski definition) is 1. The summed E-state index contributed by atoms with van der Waals surface area (Å²) in [7, 11) is 0. The number of nitro benzene ring substituents is 1. The Morgan fingerprint density at radius 1 is 1.27 bits per heavy atom. The standard InChI is InChI=1S/C21H22N4O5/c1-3-30-19-10-8-17(9-11-19)24(13-5-12-22)21(27)15(2)23-20(26)16-6-4-7-18(14-16)25(28)29/h4,6-11,14-15H,3,5,13H2,1-2H3,(H,23,26). The van der Waals surface area contributed by atoms with E-state index in [1.807, 2.05) is 13.0 Å². The first kappa shape index (κ1) is 22.4. The maximum atomic E-state index is 13.0. The summed E-state index contributed by atoms with van der Waals surface area (Å²) in [6.07, 6.45) is 0.116. The van der Waals surface area contributed by atoms with Gasteiger partial charge in [0.25, 0.3) is 11.6 Å². The highest BCUT2D eigenvalue weighted by molar-refractivity contribution is 6.02. The Labute approximate surface area is 174 Å². The normalized spacial score (nSPS) is 11.1. The van der Waals surface area contributed by atoms with Gasteiger partial charge >= 0.3 is 0 Å². The minimum Gasteiger partial charge on any atom is -0.494 e. The third-order valence-corrected chi connectivity index (χ3v) is 4.21. The number of benzene rings is 2. The van der Waals surface area contributed by atoms with Crippen LogP contribution in [0.15, 0.2) is 48.5 Å². The van der Waals surface area contributed by atoms with Crippen LogP contribution in [0, 0.1) is 21.4 Å². The number of non-ortho nitro benzene ring substituents is 1. The van der Waals surface area contributed by atoms with Crippen molar-refractivity contribution in [2.45, 2.75) is 26.3 Å². The molecule has 1 atom stereocenters. The fraction of sp³-hybridized carbons (Fsp3) is 0.286. The van der Waals surface area contributed by atoms with Gasteiger partial charge in [0.1, 0.15) is 11.8 Å². The molecule has 9 heteroatoms. The molecule has 0 saturated carbocycles. The van der Waals surface area contributed by atoms with E-state index in [4.69, 9.17) is 10.00 Å². The predicted octanol–water partition coefficient (Wildman–Crippen LogP) is 3.06. The quantitative estimate of drug-likeness (QED) is 0.500. The lowest BCUT2D eigenvalue weighted by Crippen LogP contribution is -2.47. The van der Waals surface area contributed by atoms with Gasteiger partial charge in [-0.15, -0.1) is 0 Å². The minimum absolute atomic E-state index is 0.0773. The Morgan fingerprint density at radius 2 is 1.97 bits per heavy atom. The van der Waals surface area contributed by atoms with E-state index in [1.54, 1.807) is 24.3 Å². The summed E-state index contributed by atoms with van der Waals surface area (Å²) in [4.78, 5) is 37.1. The zero-order chi connectivity index (χ0) is 22.1. The summed E-state index contributed by atoms with van der Waals surface area (Å²) in [5.41, 5.74) is 0.426. The van der Waals surface area contributed by atoms with Gasteiger partial charge in [0.15, 0.2) is 0 Å². The average Bonchev–Trinajstić information content (AvgIpc) is 2.75. The fourth-order valence-electron chi connectivity index (χ4n) is 2.75. The van der Waals surface area contributed by atoms with Crippen molar-refractivity contribution in [2.75, 3.05) is 18.1 Å². The molecular weight excluding hydrogens is 388 g/mol. The van der Waals surface area contributed by atoms with Gasteiger partial charge in [-0.3, -0.25) is 19.7 Å². The highest BCUT2D eigenvalue weighted by Crippen LogP contribution is 2.21. The van der Waals surface area contributed by atoms with Crippen molar-refractivity contribution in [1.29, 1.82) is 5.26 Å². The molecule has 0 aliphatic heterocycles. The third-order valence-electron chi connectivity index (χ3n) is 4.21. The first-order valence-electron chi connectivity index (χ1n) is 9.33. The van der Waals surface area contributed by atoms with Gasteiger partial charge < -0.3 is 15.0 Å². The number of amides is 2. The van der Waals surface area contributed by atoms with Gasteiger partial charge in [0, 0.05) is 29.9 Å². The van der Waals surface area contributed by atoms with Crippen LogP contribution in [0.2, 0.25) is 0 Å². The van der Waals surface area contributed by atoms with E-state index in [2.05, 4.69) is 5.32 Å². The number of nitrogens with one attached hydrogen (secondary N) is 1. The number of rotatable bonds is 9. The largest absolute Gasteiger partial charge is 0.494 e. The lowest BCUT2D eigenvalue weighted by atomic mass is 10.1. The third kappa shape index (κ3) is 5.78. The molecular formula is C21H22N4O5. The summed E-state index contributed by atoms with van der Waals surface area (Å²) < 4.78 is 5.40. The molecule has 0 saturated heterocycles. The molecule has 0 fully saturated rings. The van der Waals surface area contributed by atoms with E-state index in [-0.39, 0.29) is 24.2 Å². The first-order chi connectivity index (χ1) is 14.4. The smallest absolute Gasteiger partial charge is 0.270 e. The van der Waals surface area contributed by atoms with Gasteiger partial charge in [-0.25, -0.2) is 0 Å². The van der Waals surface area contributed by atoms with Crippen molar-refractivity contribution < 1.29 is 19.2 Å². The molecule has 0 aliphatic carbocycles. The second-order valence-corrected chi connectivity index (χ2v) is 6.33. The average molecular weight is 410 g/mol. The van der Waals surface area contributed by atoms with Crippen molar-refractivity contribution in [2.24, 2.45) is 0 Å². The number of nitriles is 1. The Balaban J connectivity index is 2.16. The Hall–Kier alpha value is -3.93. The van der Waals surface area contributed by atoms with E-state index in [0.717, 1.165) is 6.07 Å². The van der Waals surface area contributed by atoms with Gasteiger partial charge in [0.2, 0.25) is 5.91 Å². The molecule has 2 amide bonds. The van der Waals surface area contributed by atoms with Crippen LogP contribution in [-0.4, -0.2) is 35.9 Å². The molecule has 0 aromatic heterocycles. The van der Waals surface area contributed by atoms with Crippen molar-refractivity contribution in [3.8, 4) is 11.8 Å². The molecule has 1 N–H and O–H groups in total. The van der Waals surface area contributed by atoms with Crippen molar-refractivity contribution in [3.05, 3.63) is 64.2 Å². The molecule has 30 heavy (non-hydrogen) atoms. The molecule has 2 aromatic rings. The summed E-state index contributed by atoms with van der Waals surface area (Å²) in [5, 5.41) is 22.4. The van der Waals surface area contributed by atoms with E-state index < -0.39 is 22.8 Å². The maximum Gasteiger partial charge on any atom is 0.270 e. The van der Waals surface area contributed by atoms with Gasteiger partial charge in [-0.05, 0) is 44.2 Å². The predicted molar refractivity (Wildman–Crippen MR) is 110 cm³/mol. The molecule has 156 valence electrons. The number of hydrogen-bond acceptors (Lipinski definition) is 6. The fourth-order valence-corrected chi connectivity index (χ4v) is 2.75. The van der Waals surface area contributed by atoms with Crippen molar-refractivity contribution >= 4 is 23.2 Å². The Kier molecular flexibility index (Phi) is 7.88. The highest BCUT2D eigenvalue weighted by Gasteiger charge is 2.24. The molecule has 0 heterocycles. The molecule has 0 spiro atoms. The zero-order valence-electron chi connectivity index (χ0n) is 16.7. The van der Waals surface area contributed by atoms with Crippen LogP contribution in [0.3, 0.4) is 0 Å². The van der Waals surface area contributed by atoms with Crippen LogP contribution in [0.25, 0.3) is 0 Å².